The summed E-state index contributed by atoms with van der Waals surface area (Å²) < 4.78 is 16.5. The highest BCUT2D eigenvalue weighted by Crippen LogP contribution is 2.32. The number of aliphatic hydroxyl groups excluding tert-OH is 1. The molecule has 1 aliphatic rings. The number of carbonyl (C=O) groups is 1. The van der Waals surface area contributed by atoms with Crippen LogP contribution in [0.2, 0.25) is 5.15 Å². The van der Waals surface area contributed by atoms with E-state index in [-0.39, 0.29) is 19.8 Å². The number of carbonyl (C=O) groups excluding carboxylic acids is 1. The minimum atomic E-state index is -0.448. The third kappa shape index (κ3) is 4.38. The number of furan rings is 1. The predicted octanol–water partition coefficient (Wildman–Crippen LogP) is 3.29. The molecule has 4 rings (SSSR count). The van der Waals surface area contributed by atoms with Gasteiger partial charge in [-0.3, -0.25) is 0 Å². The van der Waals surface area contributed by atoms with E-state index in [1.54, 1.807) is 18.4 Å². The quantitative estimate of drug-likeness (QED) is 0.543. The molecule has 3 heterocycles. The van der Waals surface area contributed by atoms with Crippen molar-refractivity contribution in [2.45, 2.75) is 12.6 Å². The number of nitrogens with one attached hydrogen (secondary N) is 1. The number of aliphatic hydroxyl groups is 1. The number of amides is 1. The standard InChI is InChI=1S/C20H20ClN3O5/c21-18-9-16(22-10-13-3-2-8-27-13)15-4-1-5-17(19(15)23-18)28-12-14-11-24(6-7-25)20(26)29-14/h1-5,8-9,14,25H,6-7,10-12H2,(H,22,23). The van der Waals surface area contributed by atoms with Gasteiger partial charge in [-0.05, 0) is 24.3 Å². The molecule has 1 amide bonds. The first-order valence-electron chi connectivity index (χ1n) is 9.19. The van der Waals surface area contributed by atoms with Crippen LogP contribution in [0.25, 0.3) is 10.9 Å². The van der Waals surface area contributed by atoms with Crippen LogP contribution in [-0.2, 0) is 11.3 Å². The van der Waals surface area contributed by atoms with Crippen molar-refractivity contribution >= 4 is 34.3 Å². The van der Waals surface area contributed by atoms with Crippen molar-refractivity contribution in [1.82, 2.24) is 9.88 Å². The Morgan fingerprint density at radius 1 is 1.34 bits per heavy atom. The summed E-state index contributed by atoms with van der Waals surface area (Å²) in [4.78, 5) is 17.6. The lowest BCUT2D eigenvalue weighted by molar-refractivity contribution is 0.102. The van der Waals surface area contributed by atoms with Crippen LogP contribution in [-0.4, -0.2) is 53.5 Å². The topological polar surface area (TPSA) is 97.1 Å². The van der Waals surface area contributed by atoms with Gasteiger partial charge in [0.2, 0.25) is 0 Å². The second kappa shape index (κ2) is 8.59. The number of pyridine rings is 1. The number of cyclic esters (lactones) is 1. The van der Waals surface area contributed by atoms with Crippen molar-refractivity contribution < 1.29 is 23.8 Å². The number of rotatable bonds is 8. The molecule has 152 valence electrons. The SMILES string of the molecule is O=C1OC(COc2cccc3c(NCc4ccco4)cc(Cl)nc23)CN1CCO. The third-order valence-corrected chi connectivity index (χ3v) is 4.74. The van der Waals surface area contributed by atoms with Crippen molar-refractivity contribution in [3.63, 3.8) is 0 Å². The molecule has 2 aromatic heterocycles. The minimum Gasteiger partial charge on any atom is -0.487 e. The fraction of sp³-hybridized carbons (Fsp3) is 0.300. The smallest absolute Gasteiger partial charge is 0.410 e. The number of aromatic nitrogens is 1. The number of anilines is 1. The van der Waals surface area contributed by atoms with E-state index in [1.807, 2.05) is 24.3 Å². The van der Waals surface area contributed by atoms with Crippen LogP contribution in [0.15, 0.2) is 47.1 Å². The maximum atomic E-state index is 11.7. The molecule has 1 atom stereocenters. The highest BCUT2D eigenvalue weighted by Gasteiger charge is 2.31. The van der Waals surface area contributed by atoms with Gasteiger partial charge in [-0.1, -0.05) is 23.7 Å². The van der Waals surface area contributed by atoms with Crippen LogP contribution in [0.4, 0.5) is 10.5 Å². The minimum absolute atomic E-state index is 0.109. The van der Waals surface area contributed by atoms with Crippen molar-refractivity contribution in [2.75, 3.05) is 31.6 Å². The zero-order valence-corrected chi connectivity index (χ0v) is 16.3. The van der Waals surface area contributed by atoms with Crippen molar-refractivity contribution in [2.24, 2.45) is 0 Å². The Morgan fingerprint density at radius 2 is 2.24 bits per heavy atom. The monoisotopic (exact) mass is 417 g/mol. The number of hydrogen-bond acceptors (Lipinski definition) is 7. The fourth-order valence-corrected chi connectivity index (χ4v) is 3.39. The van der Waals surface area contributed by atoms with E-state index in [2.05, 4.69) is 10.3 Å². The summed E-state index contributed by atoms with van der Waals surface area (Å²) in [6, 6.07) is 11.1. The summed E-state index contributed by atoms with van der Waals surface area (Å²) in [7, 11) is 0. The van der Waals surface area contributed by atoms with Crippen LogP contribution in [0.3, 0.4) is 0 Å². The Labute approximate surface area is 172 Å². The maximum absolute atomic E-state index is 11.7. The summed E-state index contributed by atoms with van der Waals surface area (Å²) in [6.45, 7) is 1.18. The van der Waals surface area contributed by atoms with Crippen LogP contribution in [0.5, 0.6) is 5.75 Å². The Kier molecular flexibility index (Phi) is 5.73. The van der Waals surface area contributed by atoms with E-state index in [4.69, 9.17) is 30.6 Å². The van der Waals surface area contributed by atoms with Crippen molar-refractivity contribution in [1.29, 1.82) is 0 Å². The number of para-hydroxylation sites is 1. The van der Waals surface area contributed by atoms with E-state index < -0.39 is 12.2 Å². The lowest BCUT2D eigenvalue weighted by Gasteiger charge is -2.14. The maximum Gasteiger partial charge on any atom is 0.410 e. The molecule has 0 radical (unpaired) electrons. The van der Waals surface area contributed by atoms with Gasteiger partial charge in [-0.15, -0.1) is 0 Å². The average Bonchev–Trinajstić information content (AvgIpc) is 3.35. The molecule has 1 unspecified atom stereocenters. The number of hydrogen-bond donors (Lipinski definition) is 2. The van der Waals surface area contributed by atoms with Crippen LogP contribution in [0.1, 0.15) is 5.76 Å². The van der Waals surface area contributed by atoms with E-state index >= 15 is 0 Å². The third-order valence-electron chi connectivity index (χ3n) is 4.55. The summed E-state index contributed by atoms with van der Waals surface area (Å²) in [5.74, 6) is 1.34. The zero-order chi connectivity index (χ0) is 20.2. The second-order valence-electron chi connectivity index (χ2n) is 6.56. The number of halogens is 1. The summed E-state index contributed by atoms with van der Waals surface area (Å²) in [6.07, 6.45) is 0.758. The Morgan fingerprint density at radius 3 is 3.03 bits per heavy atom. The molecule has 1 aromatic carbocycles. The number of nitrogens with zero attached hydrogens (tertiary/aromatic N) is 2. The molecule has 1 saturated heterocycles. The van der Waals surface area contributed by atoms with Gasteiger partial charge in [0.25, 0.3) is 0 Å². The molecule has 0 bridgehead atoms. The van der Waals surface area contributed by atoms with E-state index in [0.717, 1.165) is 16.8 Å². The van der Waals surface area contributed by atoms with Crippen LogP contribution >= 0.6 is 11.6 Å². The Balaban J connectivity index is 1.50. The first-order valence-corrected chi connectivity index (χ1v) is 9.56. The van der Waals surface area contributed by atoms with E-state index in [0.29, 0.717) is 29.5 Å². The van der Waals surface area contributed by atoms with Gasteiger partial charge in [-0.25, -0.2) is 9.78 Å². The molecule has 9 heteroatoms. The molecule has 1 fully saturated rings. The molecular formula is C20H20ClN3O5. The zero-order valence-electron chi connectivity index (χ0n) is 15.5. The highest BCUT2D eigenvalue weighted by molar-refractivity contribution is 6.30. The predicted molar refractivity (Wildman–Crippen MR) is 107 cm³/mol. The number of benzene rings is 1. The largest absolute Gasteiger partial charge is 0.487 e. The van der Waals surface area contributed by atoms with Gasteiger partial charge in [0.05, 0.1) is 26.0 Å². The molecule has 3 aromatic rings. The molecule has 2 N–H and O–H groups in total. The fourth-order valence-electron chi connectivity index (χ4n) is 3.20. The van der Waals surface area contributed by atoms with E-state index in [9.17, 15) is 4.79 Å². The van der Waals surface area contributed by atoms with Gasteiger partial charge in [-0.2, -0.15) is 0 Å². The molecule has 1 aliphatic heterocycles. The van der Waals surface area contributed by atoms with Gasteiger partial charge in [0.15, 0.2) is 6.10 Å². The number of fused-ring (bicyclic) bond motifs is 1. The molecule has 0 spiro atoms. The van der Waals surface area contributed by atoms with Crippen LogP contribution < -0.4 is 10.1 Å². The molecular weight excluding hydrogens is 398 g/mol. The molecule has 0 aliphatic carbocycles. The van der Waals surface area contributed by atoms with Crippen molar-refractivity contribution in [3.8, 4) is 5.75 Å². The number of ether oxygens (including phenoxy) is 2. The molecule has 8 nitrogen and oxygen atoms in total. The first-order chi connectivity index (χ1) is 14.1. The summed E-state index contributed by atoms with van der Waals surface area (Å²) >= 11 is 6.23. The van der Waals surface area contributed by atoms with Gasteiger partial charge in [0, 0.05) is 17.6 Å². The number of β-amino-alcohol motifs (C(OH)–C–C–N with tert-alkyl or cyclic N) is 1. The second-order valence-corrected chi connectivity index (χ2v) is 6.95. The molecule has 0 saturated carbocycles. The lowest BCUT2D eigenvalue weighted by Crippen LogP contribution is -2.29. The Bertz CT molecular complexity index is 995. The van der Waals surface area contributed by atoms with Gasteiger partial charge >= 0.3 is 6.09 Å². The average molecular weight is 418 g/mol. The van der Waals surface area contributed by atoms with Crippen molar-refractivity contribution in [3.05, 3.63) is 53.6 Å². The summed E-state index contributed by atoms with van der Waals surface area (Å²) in [5, 5.41) is 13.5. The lowest BCUT2D eigenvalue weighted by atomic mass is 10.1. The highest BCUT2D eigenvalue weighted by atomic mass is 35.5. The Hall–Kier alpha value is -2.97. The van der Waals surface area contributed by atoms with Crippen LogP contribution in [0, 0.1) is 0 Å². The van der Waals surface area contributed by atoms with Gasteiger partial charge < -0.3 is 29.2 Å². The van der Waals surface area contributed by atoms with E-state index in [1.165, 1.54) is 4.90 Å². The molecule has 29 heavy (non-hydrogen) atoms. The van der Waals surface area contributed by atoms with Gasteiger partial charge in [0.1, 0.15) is 28.8 Å². The normalized spacial score (nSPS) is 16.3. The summed E-state index contributed by atoms with van der Waals surface area (Å²) in [5.41, 5.74) is 1.42. The first kappa shape index (κ1) is 19.4.